The summed E-state index contributed by atoms with van der Waals surface area (Å²) in [4.78, 5) is 11.3. The van der Waals surface area contributed by atoms with Gasteiger partial charge in [0.2, 0.25) is 0 Å². The Hall–Kier alpha value is -0.610. The van der Waals surface area contributed by atoms with Crippen LogP contribution in [0.2, 0.25) is 0 Å². The maximum absolute atomic E-state index is 6.01. The third kappa shape index (κ3) is 8.51. The summed E-state index contributed by atoms with van der Waals surface area (Å²) in [7, 11) is 4.02. The highest BCUT2D eigenvalue weighted by atomic mass is 127. The van der Waals surface area contributed by atoms with Crippen LogP contribution in [-0.4, -0.2) is 50.8 Å². The van der Waals surface area contributed by atoms with Crippen molar-refractivity contribution in [1.29, 1.82) is 0 Å². The van der Waals surface area contributed by atoms with E-state index >= 15 is 0 Å². The maximum atomic E-state index is 6.01. The minimum absolute atomic E-state index is 0. The first-order chi connectivity index (χ1) is 12.6. The molecule has 1 aliphatic rings. The van der Waals surface area contributed by atoms with E-state index in [0.29, 0.717) is 12.6 Å². The Balaban J connectivity index is 0.00000364. The quantitative estimate of drug-likeness (QED) is 0.285. The van der Waals surface area contributed by atoms with Crippen LogP contribution in [0, 0.1) is 5.92 Å². The Morgan fingerprint density at radius 3 is 2.67 bits per heavy atom. The average molecular weight is 510 g/mol. The molecule has 0 radical (unpaired) electrons. The highest BCUT2D eigenvalue weighted by Crippen LogP contribution is 2.30. The first-order valence-corrected chi connectivity index (χ1v) is 10.8. The molecule has 1 aromatic rings. The number of ether oxygens (including phenoxy) is 1. The number of nitrogens with zero attached hydrogens (tertiary/aromatic N) is 3. The van der Waals surface area contributed by atoms with Crippen LogP contribution in [-0.2, 0) is 11.3 Å². The average Bonchev–Trinajstić information content (AvgIpc) is 3.30. The Morgan fingerprint density at radius 1 is 1.33 bits per heavy atom. The summed E-state index contributed by atoms with van der Waals surface area (Å²) in [5.41, 5.74) is 1.01. The molecule has 1 saturated carbocycles. The van der Waals surface area contributed by atoms with Gasteiger partial charge in [0.15, 0.2) is 11.1 Å². The summed E-state index contributed by atoms with van der Waals surface area (Å²) in [6, 6.07) is 0. The van der Waals surface area contributed by atoms with E-state index in [4.69, 9.17) is 4.74 Å². The van der Waals surface area contributed by atoms with Crippen LogP contribution >= 0.6 is 35.3 Å². The van der Waals surface area contributed by atoms with Gasteiger partial charge in [-0.15, -0.1) is 35.3 Å². The van der Waals surface area contributed by atoms with E-state index in [1.807, 2.05) is 19.0 Å². The minimum atomic E-state index is 0. The molecule has 27 heavy (non-hydrogen) atoms. The van der Waals surface area contributed by atoms with Gasteiger partial charge in [0.1, 0.15) is 0 Å². The maximum Gasteiger partial charge on any atom is 0.191 e. The van der Waals surface area contributed by atoms with Crippen LogP contribution in [0.5, 0.6) is 0 Å². The number of thiazole rings is 1. The summed E-state index contributed by atoms with van der Waals surface area (Å²) in [6.45, 7) is 7.31. The summed E-state index contributed by atoms with van der Waals surface area (Å²) >= 11 is 1.65. The molecule has 0 aliphatic heterocycles. The Kier molecular flexibility index (Phi) is 12.3. The molecule has 1 aliphatic carbocycles. The summed E-state index contributed by atoms with van der Waals surface area (Å²) in [5, 5.41) is 9.87. The zero-order chi connectivity index (χ0) is 18.8. The molecule has 6 nitrogen and oxygen atoms in total. The highest BCUT2D eigenvalue weighted by molar-refractivity contribution is 14.0. The van der Waals surface area contributed by atoms with Crippen molar-refractivity contribution >= 4 is 46.4 Å². The van der Waals surface area contributed by atoms with Gasteiger partial charge in [0.05, 0.1) is 18.3 Å². The number of hydrogen-bond acceptors (Lipinski definition) is 5. The van der Waals surface area contributed by atoms with Gasteiger partial charge >= 0.3 is 0 Å². The number of aromatic nitrogens is 1. The van der Waals surface area contributed by atoms with Crippen molar-refractivity contribution in [3.8, 4) is 0 Å². The van der Waals surface area contributed by atoms with E-state index < -0.39 is 0 Å². The number of nitrogens with one attached hydrogen (secondary N) is 2. The molecule has 1 heterocycles. The largest absolute Gasteiger partial charge is 0.378 e. The van der Waals surface area contributed by atoms with Crippen molar-refractivity contribution < 1.29 is 4.74 Å². The normalized spacial score (nSPS) is 16.1. The predicted molar refractivity (Wildman–Crippen MR) is 127 cm³/mol. The second-order valence-corrected chi connectivity index (χ2v) is 7.80. The minimum Gasteiger partial charge on any atom is -0.378 e. The van der Waals surface area contributed by atoms with Gasteiger partial charge in [0, 0.05) is 39.2 Å². The fraction of sp³-hybridized carbons (Fsp3) is 0.789. The van der Waals surface area contributed by atoms with E-state index in [2.05, 4.69) is 39.8 Å². The van der Waals surface area contributed by atoms with E-state index in [9.17, 15) is 0 Å². The molecule has 1 fully saturated rings. The molecule has 2 N–H and O–H groups in total. The topological polar surface area (TPSA) is 61.8 Å². The lowest BCUT2D eigenvalue weighted by Gasteiger charge is -2.24. The van der Waals surface area contributed by atoms with Gasteiger partial charge in [-0.25, -0.2) is 9.98 Å². The molecular weight excluding hydrogens is 473 g/mol. The number of halogens is 1. The van der Waals surface area contributed by atoms with E-state index in [1.54, 1.807) is 11.3 Å². The molecule has 2 rings (SSSR count). The molecule has 0 spiro atoms. The smallest absolute Gasteiger partial charge is 0.191 e. The van der Waals surface area contributed by atoms with Crippen molar-refractivity contribution in [2.75, 3.05) is 38.7 Å². The van der Waals surface area contributed by atoms with Crippen LogP contribution in [0.3, 0.4) is 0 Å². The fourth-order valence-electron chi connectivity index (χ4n) is 3.41. The van der Waals surface area contributed by atoms with E-state index in [1.165, 1.54) is 25.7 Å². The molecule has 1 unspecified atom stereocenters. The standard InChI is InChI=1S/C19H35N5OS.HI/c1-5-20-18(22-13-16-14-26-19(23-16)24(3)4)21-12-11-17(25-6-2)15-9-7-8-10-15;/h14-15,17H,5-13H2,1-4H3,(H2,20,21,22);1H. The predicted octanol–water partition coefficient (Wildman–Crippen LogP) is 3.87. The van der Waals surface area contributed by atoms with Crippen molar-refractivity contribution in [3.63, 3.8) is 0 Å². The number of anilines is 1. The lowest BCUT2D eigenvalue weighted by atomic mass is 9.98. The number of aliphatic imine (C=N–C) groups is 1. The fourth-order valence-corrected chi connectivity index (χ4v) is 4.16. The van der Waals surface area contributed by atoms with Gasteiger partial charge in [-0.2, -0.15) is 0 Å². The molecule has 8 heteroatoms. The van der Waals surface area contributed by atoms with E-state index in [0.717, 1.165) is 48.8 Å². The van der Waals surface area contributed by atoms with Crippen molar-refractivity contribution in [2.24, 2.45) is 10.9 Å². The Labute approximate surface area is 185 Å². The van der Waals surface area contributed by atoms with Crippen molar-refractivity contribution in [2.45, 2.75) is 58.6 Å². The zero-order valence-corrected chi connectivity index (χ0v) is 20.3. The first-order valence-electron chi connectivity index (χ1n) is 9.89. The molecule has 0 saturated heterocycles. The van der Waals surface area contributed by atoms with Gasteiger partial charge in [-0.3, -0.25) is 0 Å². The van der Waals surface area contributed by atoms with Crippen LogP contribution in [0.25, 0.3) is 0 Å². The Bertz CT molecular complexity index is 546. The van der Waals surface area contributed by atoms with Gasteiger partial charge in [0.25, 0.3) is 0 Å². The van der Waals surface area contributed by atoms with Gasteiger partial charge in [-0.05, 0) is 39.0 Å². The summed E-state index contributed by atoms with van der Waals surface area (Å²) in [6.07, 6.45) is 6.75. The van der Waals surface area contributed by atoms with Gasteiger partial charge < -0.3 is 20.3 Å². The lowest BCUT2D eigenvalue weighted by Crippen LogP contribution is -2.39. The second-order valence-electron chi connectivity index (χ2n) is 6.96. The number of guanidine groups is 1. The molecule has 0 aromatic carbocycles. The monoisotopic (exact) mass is 509 g/mol. The molecule has 1 aromatic heterocycles. The molecule has 0 amide bonds. The Morgan fingerprint density at radius 2 is 2.07 bits per heavy atom. The van der Waals surface area contributed by atoms with Crippen molar-refractivity contribution in [3.05, 3.63) is 11.1 Å². The molecule has 156 valence electrons. The first kappa shape index (κ1) is 24.4. The van der Waals surface area contributed by atoms with Crippen LogP contribution < -0.4 is 15.5 Å². The SMILES string of the molecule is CCNC(=NCc1csc(N(C)C)n1)NCCC(OCC)C1CCCC1.I. The third-order valence-electron chi connectivity index (χ3n) is 4.69. The summed E-state index contributed by atoms with van der Waals surface area (Å²) < 4.78 is 6.01. The van der Waals surface area contributed by atoms with Crippen LogP contribution in [0.15, 0.2) is 10.4 Å². The molecule has 1 atom stereocenters. The van der Waals surface area contributed by atoms with E-state index in [-0.39, 0.29) is 24.0 Å². The summed E-state index contributed by atoms with van der Waals surface area (Å²) in [5.74, 6) is 1.59. The van der Waals surface area contributed by atoms with Gasteiger partial charge in [-0.1, -0.05) is 12.8 Å². The van der Waals surface area contributed by atoms with Crippen LogP contribution in [0.4, 0.5) is 5.13 Å². The highest BCUT2D eigenvalue weighted by Gasteiger charge is 2.25. The number of hydrogen-bond donors (Lipinski definition) is 2. The molecule has 0 bridgehead atoms. The van der Waals surface area contributed by atoms with Crippen LogP contribution in [0.1, 0.15) is 51.6 Å². The lowest BCUT2D eigenvalue weighted by molar-refractivity contribution is 0.0169. The molecular formula is C19H36IN5OS. The second kappa shape index (κ2) is 13.5. The zero-order valence-electron chi connectivity index (χ0n) is 17.2. The third-order valence-corrected chi connectivity index (χ3v) is 5.75. The van der Waals surface area contributed by atoms with Crippen molar-refractivity contribution in [1.82, 2.24) is 15.6 Å². The number of rotatable bonds is 10.